The van der Waals surface area contributed by atoms with Gasteiger partial charge in [-0.25, -0.2) is 0 Å². The third-order valence-electron chi connectivity index (χ3n) is 2.93. The SMILES string of the molecule is CN(C)c1ccc(NC(=O)CCn2cccc2)cc1. The van der Waals surface area contributed by atoms with E-state index in [0.717, 1.165) is 11.4 Å². The number of amides is 1. The topological polar surface area (TPSA) is 37.3 Å². The maximum absolute atomic E-state index is 11.8. The Morgan fingerprint density at radius 3 is 2.37 bits per heavy atom. The second-order valence-corrected chi connectivity index (χ2v) is 4.66. The molecule has 0 atom stereocenters. The van der Waals surface area contributed by atoms with Gasteiger partial charge >= 0.3 is 0 Å². The summed E-state index contributed by atoms with van der Waals surface area (Å²) in [6, 6.07) is 11.7. The van der Waals surface area contributed by atoms with Gasteiger partial charge in [0.2, 0.25) is 5.91 Å². The van der Waals surface area contributed by atoms with E-state index in [1.165, 1.54) is 0 Å². The lowest BCUT2D eigenvalue weighted by atomic mass is 10.2. The van der Waals surface area contributed by atoms with Crippen LogP contribution in [0.1, 0.15) is 6.42 Å². The molecule has 0 saturated heterocycles. The standard InChI is InChI=1S/C15H19N3O/c1-17(2)14-7-5-13(6-8-14)16-15(19)9-12-18-10-3-4-11-18/h3-8,10-11H,9,12H2,1-2H3,(H,16,19). The van der Waals surface area contributed by atoms with Crippen LogP contribution in [-0.2, 0) is 11.3 Å². The number of aromatic nitrogens is 1. The predicted octanol–water partition coefficient (Wildman–Crippen LogP) is 2.58. The lowest BCUT2D eigenvalue weighted by Crippen LogP contribution is -2.14. The van der Waals surface area contributed by atoms with Crippen molar-refractivity contribution in [3.63, 3.8) is 0 Å². The minimum atomic E-state index is 0.0336. The molecule has 0 aliphatic heterocycles. The van der Waals surface area contributed by atoms with E-state index in [-0.39, 0.29) is 5.91 Å². The second kappa shape index (κ2) is 6.09. The van der Waals surface area contributed by atoms with Crippen molar-refractivity contribution in [2.45, 2.75) is 13.0 Å². The molecule has 4 heteroatoms. The van der Waals surface area contributed by atoms with Gasteiger partial charge in [-0.15, -0.1) is 0 Å². The molecule has 1 aromatic carbocycles. The van der Waals surface area contributed by atoms with Crippen molar-refractivity contribution >= 4 is 17.3 Å². The van der Waals surface area contributed by atoms with Gasteiger partial charge in [0.25, 0.3) is 0 Å². The molecule has 0 saturated carbocycles. The highest BCUT2D eigenvalue weighted by Crippen LogP contribution is 2.15. The predicted molar refractivity (Wildman–Crippen MR) is 78.4 cm³/mol. The van der Waals surface area contributed by atoms with Crippen LogP contribution in [0.2, 0.25) is 0 Å². The Morgan fingerprint density at radius 1 is 1.16 bits per heavy atom. The number of anilines is 2. The molecule has 19 heavy (non-hydrogen) atoms. The molecule has 0 aliphatic rings. The van der Waals surface area contributed by atoms with E-state index >= 15 is 0 Å². The Balaban J connectivity index is 1.84. The van der Waals surface area contributed by atoms with Crippen molar-refractivity contribution in [1.29, 1.82) is 0 Å². The smallest absolute Gasteiger partial charge is 0.226 e. The Morgan fingerprint density at radius 2 is 1.79 bits per heavy atom. The number of rotatable bonds is 5. The van der Waals surface area contributed by atoms with E-state index in [4.69, 9.17) is 0 Å². The number of nitrogens with one attached hydrogen (secondary N) is 1. The van der Waals surface area contributed by atoms with E-state index in [2.05, 4.69) is 5.32 Å². The Bertz CT molecular complexity index is 515. The lowest BCUT2D eigenvalue weighted by molar-refractivity contribution is -0.116. The maximum atomic E-state index is 11.8. The van der Waals surface area contributed by atoms with Gasteiger partial charge in [0.1, 0.15) is 0 Å². The fourth-order valence-corrected chi connectivity index (χ4v) is 1.82. The van der Waals surface area contributed by atoms with E-state index in [1.54, 1.807) is 0 Å². The molecule has 1 heterocycles. The molecule has 100 valence electrons. The summed E-state index contributed by atoms with van der Waals surface area (Å²) in [5.74, 6) is 0.0336. The summed E-state index contributed by atoms with van der Waals surface area (Å²) < 4.78 is 1.99. The van der Waals surface area contributed by atoms with Crippen LogP contribution >= 0.6 is 0 Å². The van der Waals surface area contributed by atoms with Gasteiger partial charge in [0.05, 0.1) is 0 Å². The minimum Gasteiger partial charge on any atom is -0.378 e. The second-order valence-electron chi connectivity index (χ2n) is 4.66. The average molecular weight is 257 g/mol. The summed E-state index contributed by atoms with van der Waals surface area (Å²) in [6.07, 6.45) is 4.39. The summed E-state index contributed by atoms with van der Waals surface area (Å²) in [5.41, 5.74) is 1.95. The first kappa shape index (κ1) is 13.2. The molecule has 1 N–H and O–H groups in total. The first-order valence-corrected chi connectivity index (χ1v) is 6.33. The van der Waals surface area contributed by atoms with Crippen molar-refractivity contribution in [3.05, 3.63) is 48.8 Å². The molecule has 4 nitrogen and oxygen atoms in total. The third kappa shape index (κ3) is 3.88. The van der Waals surface area contributed by atoms with Crippen molar-refractivity contribution in [2.75, 3.05) is 24.3 Å². The highest BCUT2D eigenvalue weighted by atomic mass is 16.1. The molecular formula is C15H19N3O. The summed E-state index contributed by atoms with van der Waals surface area (Å²) in [5, 5.41) is 2.90. The number of aryl methyl sites for hydroxylation is 1. The maximum Gasteiger partial charge on any atom is 0.226 e. The number of benzene rings is 1. The van der Waals surface area contributed by atoms with Crippen LogP contribution in [0.5, 0.6) is 0 Å². The fraction of sp³-hybridized carbons (Fsp3) is 0.267. The first-order chi connectivity index (χ1) is 9.15. The largest absolute Gasteiger partial charge is 0.378 e. The Kier molecular flexibility index (Phi) is 4.23. The van der Waals surface area contributed by atoms with Gasteiger partial charge in [0, 0.05) is 50.8 Å². The third-order valence-corrected chi connectivity index (χ3v) is 2.93. The number of hydrogen-bond donors (Lipinski definition) is 1. The van der Waals surface area contributed by atoms with Gasteiger partial charge in [-0.2, -0.15) is 0 Å². The molecule has 0 bridgehead atoms. The van der Waals surface area contributed by atoms with Crippen molar-refractivity contribution in [1.82, 2.24) is 4.57 Å². The van der Waals surface area contributed by atoms with Crippen LogP contribution in [0.15, 0.2) is 48.8 Å². The van der Waals surface area contributed by atoms with E-state index < -0.39 is 0 Å². The highest BCUT2D eigenvalue weighted by Gasteiger charge is 2.03. The fourth-order valence-electron chi connectivity index (χ4n) is 1.82. The van der Waals surface area contributed by atoms with Crippen molar-refractivity contribution in [2.24, 2.45) is 0 Å². The van der Waals surface area contributed by atoms with Gasteiger partial charge < -0.3 is 14.8 Å². The molecule has 0 spiro atoms. The molecule has 0 fully saturated rings. The van der Waals surface area contributed by atoms with Crippen molar-refractivity contribution in [3.8, 4) is 0 Å². The zero-order chi connectivity index (χ0) is 13.7. The average Bonchev–Trinajstić information content (AvgIpc) is 2.90. The van der Waals surface area contributed by atoms with Crippen LogP contribution in [0.25, 0.3) is 0 Å². The lowest BCUT2D eigenvalue weighted by Gasteiger charge is -2.13. The van der Waals surface area contributed by atoms with Crippen LogP contribution in [0, 0.1) is 0 Å². The molecule has 2 rings (SSSR count). The Hall–Kier alpha value is -2.23. The zero-order valence-electron chi connectivity index (χ0n) is 11.3. The normalized spacial score (nSPS) is 10.2. The Labute approximate surface area is 113 Å². The molecule has 0 unspecified atom stereocenters. The summed E-state index contributed by atoms with van der Waals surface area (Å²) >= 11 is 0. The summed E-state index contributed by atoms with van der Waals surface area (Å²) in [7, 11) is 3.98. The van der Waals surface area contributed by atoms with Crippen LogP contribution in [-0.4, -0.2) is 24.6 Å². The highest BCUT2D eigenvalue weighted by molar-refractivity contribution is 5.90. The molecule has 1 amide bonds. The summed E-state index contributed by atoms with van der Waals surface area (Å²) in [4.78, 5) is 13.8. The first-order valence-electron chi connectivity index (χ1n) is 6.33. The van der Waals surface area contributed by atoms with Crippen LogP contribution in [0.4, 0.5) is 11.4 Å². The molecule has 0 radical (unpaired) electrons. The summed E-state index contributed by atoms with van der Waals surface area (Å²) in [6.45, 7) is 0.703. The molecular weight excluding hydrogens is 238 g/mol. The molecule has 1 aromatic heterocycles. The zero-order valence-corrected chi connectivity index (χ0v) is 11.3. The molecule has 0 aliphatic carbocycles. The van der Waals surface area contributed by atoms with Crippen LogP contribution in [0.3, 0.4) is 0 Å². The van der Waals surface area contributed by atoms with E-state index in [1.807, 2.05) is 72.4 Å². The number of nitrogens with zero attached hydrogens (tertiary/aromatic N) is 2. The van der Waals surface area contributed by atoms with E-state index in [9.17, 15) is 4.79 Å². The van der Waals surface area contributed by atoms with Crippen molar-refractivity contribution < 1.29 is 4.79 Å². The van der Waals surface area contributed by atoms with Gasteiger partial charge in [0.15, 0.2) is 0 Å². The van der Waals surface area contributed by atoms with Crippen LogP contribution < -0.4 is 10.2 Å². The van der Waals surface area contributed by atoms with E-state index in [0.29, 0.717) is 13.0 Å². The van der Waals surface area contributed by atoms with Gasteiger partial charge in [-0.1, -0.05) is 0 Å². The number of carbonyl (C=O) groups is 1. The quantitative estimate of drug-likeness (QED) is 0.894. The van der Waals surface area contributed by atoms with Gasteiger partial charge in [-0.3, -0.25) is 4.79 Å². The molecule has 2 aromatic rings. The number of carbonyl (C=O) groups excluding carboxylic acids is 1. The van der Waals surface area contributed by atoms with Gasteiger partial charge in [-0.05, 0) is 36.4 Å². The number of hydrogen-bond acceptors (Lipinski definition) is 2. The minimum absolute atomic E-state index is 0.0336. The monoisotopic (exact) mass is 257 g/mol.